The number of hydrogen-bond donors (Lipinski definition) is 0. The molecule has 110 valence electrons. The molecule has 0 saturated carbocycles. The van der Waals surface area contributed by atoms with Crippen molar-refractivity contribution in [1.29, 1.82) is 0 Å². The van der Waals surface area contributed by atoms with Crippen molar-refractivity contribution in [3.8, 4) is 5.75 Å². The molecule has 2 heteroatoms. The van der Waals surface area contributed by atoms with E-state index in [2.05, 4.69) is 67.5 Å². The molecule has 0 amide bonds. The third kappa shape index (κ3) is 4.47. The summed E-state index contributed by atoms with van der Waals surface area (Å²) in [5, 5.41) is 0. The van der Waals surface area contributed by atoms with Crippen molar-refractivity contribution in [3.05, 3.63) is 71.8 Å². The average Bonchev–Trinajstić information content (AvgIpc) is 2.52. The number of benzene rings is 2. The fourth-order valence-electron chi connectivity index (χ4n) is 2.29. The molecule has 2 aromatic rings. The lowest BCUT2D eigenvalue weighted by atomic mass is 9.97. The van der Waals surface area contributed by atoms with Crippen molar-refractivity contribution < 1.29 is 4.74 Å². The Bertz CT molecular complexity index is 588. The fourth-order valence-corrected chi connectivity index (χ4v) is 2.29. The number of rotatable bonds is 6. The number of allylic oxidation sites excluding steroid dienone is 1. The first-order valence-electron chi connectivity index (χ1n) is 7.22. The smallest absolute Gasteiger partial charge is 0.122 e. The van der Waals surface area contributed by atoms with Crippen LogP contribution in [0.25, 0.3) is 5.57 Å². The molecule has 0 aliphatic heterocycles. The highest BCUT2D eigenvalue weighted by Crippen LogP contribution is 2.25. The monoisotopic (exact) mass is 281 g/mol. The minimum atomic E-state index is 0.877. The fraction of sp³-hybridized carbons (Fsp3) is 0.263. The molecule has 21 heavy (non-hydrogen) atoms. The number of methoxy groups -OCH3 is 1. The van der Waals surface area contributed by atoms with Crippen LogP contribution in [0, 0.1) is 0 Å². The zero-order valence-corrected chi connectivity index (χ0v) is 13.0. The molecular formula is C19H23NO. The van der Waals surface area contributed by atoms with E-state index in [4.69, 9.17) is 4.74 Å². The van der Waals surface area contributed by atoms with Gasteiger partial charge in [0.15, 0.2) is 0 Å². The summed E-state index contributed by atoms with van der Waals surface area (Å²) in [4.78, 5) is 2.17. The van der Waals surface area contributed by atoms with Gasteiger partial charge in [-0.25, -0.2) is 0 Å². The first-order valence-corrected chi connectivity index (χ1v) is 7.22. The highest BCUT2D eigenvalue weighted by atomic mass is 16.5. The quantitative estimate of drug-likeness (QED) is 0.796. The molecule has 0 N–H and O–H groups in total. The summed E-state index contributed by atoms with van der Waals surface area (Å²) < 4.78 is 5.47. The van der Waals surface area contributed by atoms with Gasteiger partial charge in [-0.05, 0) is 36.9 Å². The Labute approximate surface area is 127 Å². The van der Waals surface area contributed by atoms with Crippen LogP contribution in [0.2, 0.25) is 0 Å². The Hall–Kier alpha value is -2.06. The highest BCUT2D eigenvalue weighted by Gasteiger charge is 2.07. The van der Waals surface area contributed by atoms with E-state index in [9.17, 15) is 0 Å². The molecule has 0 unspecified atom stereocenters. The van der Waals surface area contributed by atoms with Gasteiger partial charge in [-0.1, -0.05) is 54.6 Å². The molecule has 0 heterocycles. The van der Waals surface area contributed by atoms with E-state index in [1.165, 1.54) is 16.7 Å². The molecule has 0 atom stereocenters. The van der Waals surface area contributed by atoms with Crippen molar-refractivity contribution in [2.24, 2.45) is 0 Å². The summed E-state index contributed by atoms with van der Waals surface area (Å²) in [7, 11) is 5.90. The second-order valence-electron chi connectivity index (χ2n) is 5.35. The van der Waals surface area contributed by atoms with E-state index in [0.29, 0.717) is 0 Å². The van der Waals surface area contributed by atoms with Crippen molar-refractivity contribution in [1.82, 2.24) is 4.90 Å². The summed E-state index contributed by atoms with van der Waals surface area (Å²) in [6, 6.07) is 18.8. The van der Waals surface area contributed by atoms with Gasteiger partial charge in [0.25, 0.3) is 0 Å². The molecule has 0 spiro atoms. The molecule has 0 fully saturated rings. The third-order valence-corrected chi connectivity index (χ3v) is 3.42. The van der Waals surface area contributed by atoms with Crippen LogP contribution < -0.4 is 4.74 Å². The Morgan fingerprint density at radius 2 is 1.67 bits per heavy atom. The number of likely N-dealkylation sites (N-methyl/N-ethyl adjacent to an activating group) is 1. The SMILES string of the molecule is COc1ccccc1C/C(=C\CN(C)C)c1ccccc1. The largest absolute Gasteiger partial charge is 0.496 e. The lowest BCUT2D eigenvalue weighted by molar-refractivity contribution is 0.411. The summed E-state index contributed by atoms with van der Waals surface area (Å²) in [6.07, 6.45) is 3.17. The van der Waals surface area contributed by atoms with Gasteiger partial charge in [-0.3, -0.25) is 0 Å². The predicted octanol–water partition coefficient (Wildman–Crippen LogP) is 3.88. The van der Waals surface area contributed by atoms with Gasteiger partial charge in [0.1, 0.15) is 5.75 Å². The molecule has 0 bridgehead atoms. The minimum Gasteiger partial charge on any atom is -0.496 e. The van der Waals surface area contributed by atoms with Crippen molar-refractivity contribution in [3.63, 3.8) is 0 Å². The van der Waals surface area contributed by atoms with Gasteiger partial charge in [0, 0.05) is 13.0 Å². The van der Waals surface area contributed by atoms with E-state index in [-0.39, 0.29) is 0 Å². The molecule has 2 aromatic carbocycles. The maximum absolute atomic E-state index is 5.47. The van der Waals surface area contributed by atoms with E-state index < -0.39 is 0 Å². The molecule has 2 nitrogen and oxygen atoms in total. The molecule has 0 saturated heterocycles. The third-order valence-electron chi connectivity index (χ3n) is 3.42. The Morgan fingerprint density at radius 3 is 2.33 bits per heavy atom. The van der Waals surface area contributed by atoms with Gasteiger partial charge in [0.2, 0.25) is 0 Å². The molecular weight excluding hydrogens is 258 g/mol. The van der Waals surface area contributed by atoms with Crippen molar-refractivity contribution in [2.75, 3.05) is 27.7 Å². The van der Waals surface area contributed by atoms with Crippen LogP contribution in [-0.4, -0.2) is 32.6 Å². The summed E-state index contributed by atoms with van der Waals surface area (Å²) >= 11 is 0. The second kappa shape index (κ2) is 7.65. The van der Waals surface area contributed by atoms with Gasteiger partial charge in [0.05, 0.1) is 7.11 Å². The average molecular weight is 281 g/mol. The summed E-state index contributed by atoms with van der Waals surface area (Å²) in [5.74, 6) is 0.948. The van der Waals surface area contributed by atoms with Crippen LogP contribution in [-0.2, 0) is 6.42 Å². The first-order chi connectivity index (χ1) is 10.2. The van der Waals surface area contributed by atoms with Crippen LogP contribution in [0.3, 0.4) is 0 Å². The zero-order valence-electron chi connectivity index (χ0n) is 13.0. The summed E-state index contributed by atoms with van der Waals surface area (Å²) in [5.41, 5.74) is 3.81. The first kappa shape index (κ1) is 15.3. The van der Waals surface area contributed by atoms with Gasteiger partial charge in [-0.15, -0.1) is 0 Å². The molecule has 0 aliphatic carbocycles. The normalized spacial score (nSPS) is 11.7. The summed E-state index contributed by atoms with van der Waals surface area (Å²) in [6.45, 7) is 0.930. The second-order valence-corrected chi connectivity index (χ2v) is 5.35. The van der Waals surface area contributed by atoms with Crippen molar-refractivity contribution in [2.45, 2.75) is 6.42 Å². The predicted molar refractivity (Wildman–Crippen MR) is 89.7 cm³/mol. The number of para-hydroxylation sites is 1. The Kier molecular flexibility index (Phi) is 5.59. The van der Waals surface area contributed by atoms with Gasteiger partial charge < -0.3 is 9.64 Å². The highest BCUT2D eigenvalue weighted by molar-refractivity contribution is 5.68. The van der Waals surface area contributed by atoms with Crippen LogP contribution in [0.4, 0.5) is 0 Å². The van der Waals surface area contributed by atoms with Crippen LogP contribution in [0.5, 0.6) is 5.75 Å². The number of hydrogen-bond acceptors (Lipinski definition) is 2. The lowest BCUT2D eigenvalue weighted by Crippen LogP contribution is -2.11. The van der Waals surface area contributed by atoms with E-state index in [1.807, 2.05) is 12.1 Å². The van der Waals surface area contributed by atoms with Crippen LogP contribution >= 0.6 is 0 Å². The maximum Gasteiger partial charge on any atom is 0.122 e. The van der Waals surface area contributed by atoms with E-state index in [0.717, 1.165) is 18.7 Å². The Balaban J connectivity index is 2.30. The van der Waals surface area contributed by atoms with Gasteiger partial charge >= 0.3 is 0 Å². The topological polar surface area (TPSA) is 12.5 Å². The van der Waals surface area contributed by atoms with E-state index in [1.54, 1.807) is 7.11 Å². The van der Waals surface area contributed by atoms with Crippen LogP contribution in [0.1, 0.15) is 11.1 Å². The molecule has 0 radical (unpaired) electrons. The number of ether oxygens (including phenoxy) is 1. The minimum absolute atomic E-state index is 0.877. The molecule has 2 rings (SSSR count). The van der Waals surface area contributed by atoms with E-state index >= 15 is 0 Å². The molecule has 0 aromatic heterocycles. The number of nitrogens with zero attached hydrogens (tertiary/aromatic N) is 1. The van der Waals surface area contributed by atoms with Crippen LogP contribution in [0.15, 0.2) is 60.7 Å². The van der Waals surface area contributed by atoms with Gasteiger partial charge in [-0.2, -0.15) is 0 Å². The molecule has 0 aliphatic rings. The Morgan fingerprint density at radius 1 is 1.00 bits per heavy atom. The maximum atomic E-state index is 5.47. The standard InChI is InChI=1S/C19H23NO/c1-20(2)14-13-17(16-9-5-4-6-10-16)15-18-11-7-8-12-19(18)21-3/h4-13H,14-15H2,1-3H3/b17-13+. The van der Waals surface area contributed by atoms with Crippen molar-refractivity contribution >= 4 is 5.57 Å². The zero-order chi connectivity index (χ0) is 15.1. The lowest BCUT2D eigenvalue weighted by Gasteiger charge is -2.13.